The predicted octanol–water partition coefficient (Wildman–Crippen LogP) is 3.16. The van der Waals surface area contributed by atoms with Crippen LogP contribution in [0.15, 0.2) is 0 Å². The molecule has 0 fully saturated rings. The summed E-state index contributed by atoms with van der Waals surface area (Å²) in [5.41, 5.74) is 0. The Morgan fingerprint density at radius 1 is 0.905 bits per heavy atom. The highest BCUT2D eigenvalue weighted by atomic mass is 32.2. The van der Waals surface area contributed by atoms with Crippen LogP contribution in [-0.2, 0) is 0 Å². The first kappa shape index (κ1) is 21.2. The molecule has 0 saturated carbocycles. The van der Waals surface area contributed by atoms with E-state index in [0.717, 1.165) is 6.54 Å². The van der Waals surface area contributed by atoms with Crippen molar-refractivity contribution in [2.75, 3.05) is 58.8 Å². The lowest BCUT2D eigenvalue weighted by Gasteiger charge is -2.22. The Labute approximate surface area is 138 Å². The zero-order chi connectivity index (χ0) is 15.9. The summed E-state index contributed by atoms with van der Waals surface area (Å²) in [5.74, 6) is 2.48. The Hall–Kier alpha value is 0.230. The minimum absolute atomic E-state index is 0.702. The second-order valence-corrected chi connectivity index (χ2v) is 7.53. The zero-order valence-corrected chi connectivity index (χ0v) is 16.0. The van der Waals surface area contributed by atoms with Gasteiger partial charge in [0, 0.05) is 30.6 Å². The van der Waals surface area contributed by atoms with Crippen LogP contribution in [0, 0.1) is 0 Å². The Morgan fingerprint density at radius 2 is 1.67 bits per heavy atom. The third-order valence-electron chi connectivity index (χ3n) is 3.75. The lowest BCUT2D eigenvalue weighted by molar-refractivity contribution is 0.298. The summed E-state index contributed by atoms with van der Waals surface area (Å²) in [6.45, 7) is 9.37. The van der Waals surface area contributed by atoms with Gasteiger partial charge in [-0.2, -0.15) is 11.8 Å². The van der Waals surface area contributed by atoms with Gasteiger partial charge in [0.05, 0.1) is 0 Å². The topological polar surface area (TPSA) is 18.5 Å². The third kappa shape index (κ3) is 14.9. The van der Waals surface area contributed by atoms with Crippen molar-refractivity contribution >= 4 is 11.8 Å². The van der Waals surface area contributed by atoms with Crippen LogP contribution >= 0.6 is 11.8 Å². The van der Waals surface area contributed by atoms with Gasteiger partial charge >= 0.3 is 0 Å². The lowest BCUT2D eigenvalue weighted by Crippen LogP contribution is -2.34. The van der Waals surface area contributed by atoms with Crippen molar-refractivity contribution in [3.8, 4) is 0 Å². The van der Waals surface area contributed by atoms with E-state index in [4.69, 9.17) is 0 Å². The minimum atomic E-state index is 0.702. The van der Waals surface area contributed by atoms with Gasteiger partial charge in [0.15, 0.2) is 0 Å². The molecule has 0 heterocycles. The van der Waals surface area contributed by atoms with Gasteiger partial charge in [0.2, 0.25) is 0 Å². The fraction of sp³-hybridized carbons (Fsp3) is 1.00. The molecule has 1 unspecified atom stereocenters. The minimum Gasteiger partial charge on any atom is -0.313 e. The van der Waals surface area contributed by atoms with Gasteiger partial charge in [-0.15, -0.1) is 0 Å². The molecule has 0 aliphatic carbocycles. The first-order valence-electron chi connectivity index (χ1n) is 8.74. The number of unbranched alkanes of at least 4 members (excludes halogenated alkanes) is 1. The standard InChI is InChI=1S/C17H39N3S/c1-6-8-12-20(5)13-10-17(9-7-2)18-11-15-21-16-14-19(3)4/h17-18H,6-16H2,1-5H3. The molecule has 1 atom stereocenters. The van der Waals surface area contributed by atoms with Crippen molar-refractivity contribution in [2.45, 2.75) is 52.0 Å². The molecule has 0 bridgehead atoms. The smallest absolute Gasteiger partial charge is 0.00794 e. The number of hydrogen-bond donors (Lipinski definition) is 1. The highest BCUT2D eigenvalue weighted by Gasteiger charge is 2.08. The molecular formula is C17H39N3S. The molecule has 1 N–H and O–H groups in total. The average Bonchev–Trinajstić information content (AvgIpc) is 2.45. The fourth-order valence-corrected chi connectivity index (χ4v) is 3.26. The second kappa shape index (κ2) is 15.1. The van der Waals surface area contributed by atoms with Crippen LogP contribution in [0.5, 0.6) is 0 Å². The van der Waals surface area contributed by atoms with Crippen molar-refractivity contribution in [1.82, 2.24) is 15.1 Å². The molecule has 0 aliphatic heterocycles. The van der Waals surface area contributed by atoms with Crippen molar-refractivity contribution in [2.24, 2.45) is 0 Å². The van der Waals surface area contributed by atoms with Crippen LogP contribution in [0.4, 0.5) is 0 Å². The average molecular weight is 318 g/mol. The Morgan fingerprint density at radius 3 is 2.29 bits per heavy atom. The van der Waals surface area contributed by atoms with E-state index in [2.05, 4.69) is 61.9 Å². The molecule has 0 aromatic rings. The Kier molecular flexibility index (Phi) is 15.3. The SMILES string of the molecule is CCCCN(C)CCC(CCC)NCCSCCN(C)C. The summed E-state index contributed by atoms with van der Waals surface area (Å²) < 4.78 is 0. The van der Waals surface area contributed by atoms with Gasteiger partial charge in [0.1, 0.15) is 0 Å². The van der Waals surface area contributed by atoms with Crippen molar-refractivity contribution < 1.29 is 0 Å². The van der Waals surface area contributed by atoms with Crippen molar-refractivity contribution in [1.29, 1.82) is 0 Å². The summed E-state index contributed by atoms with van der Waals surface area (Å²) in [5, 5.41) is 3.76. The molecule has 0 saturated heterocycles. The number of nitrogens with zero attached hydrogens (tertiary/aromatic N) is 2. The monoisotopic (exact) mass is 317 g/mol. The molecule has 0 aliphatic rings. The summed E-state index contributed by atoms with van der Waals surface area (Å²) in [6, 6.07) is 0.702. The van der Waals surface area contributed by atoms with Gasteiger partial charge in [0.25, 0.3) is 0 Å². The quantitative estimate of drug-likeness (QED) is 0.467. The molecule has 0 rings (SSSR count). The van der Waals surface area contributed by atoms with E-state index < -0.39 is 0 Å². The number of nitrogens with one attached hydrogen (secondary N) is 1. The largest absolute Gasteiger partial charge is 0.313 e. The molecule has 4 heteroatoms. The van der Waals surface area contributed by atoms with Crippen LogP contribution in [0.25, 0.3) is 0 Å². The van der Waals surface area contributed by atoms with Gasteiger partial charge in [-0.05, 0) is 53.5 Å². The van der Waals surface area contributed by atoms with Gasteiger partial charge in [-0.1, -0.05) is 26.7 Å². The maximum atomic E-state index is 3.76. The molecule has 0 aromatic carbocycles. The molecule has 21 heavy (non-hydrogen) atoms. The lowest BCUT2D eigenvalue weighted by atomic mass is 10.1. The summed E-state index contributed by atoms with van der Waals surface area (Å²) in [6.07, 6.45) is 6.50. The fourth-order valence-electron chi connectivity index (χ4n) is 2.30. The van der Waals surface area contributed by atoms with E-state index >= 15 is 0 Å². The maximum absolute atomic E-state index is 3.76. The number of rotatable bonds is 15. The van der Waals surface area contributed by atoms with E-state index in [-0.39, 0.29) is 0 Å². The first-order valence-corrected chi connectivity index (χ1v) is 9.90. The highest BCUT2D eigenvalue weighted by Crippen LogP contribution is 2.05. The molecule has 0 amide bonds. The van der Waals surface area contributed by atoms with E-state index in [9.17, 15) is 0 Å². The second-order valence-electron chi connectivity index (χ2n) is 6.30. The zero-order valence-electron chi connectivity index (χ0n) is 15.2. The molecule has 0 aromatic heterocycles. The van der Waals surface area contributed by atoms with E-state index in [1.165, 1.54) is 63.2 Å². The van der Waals surface area contributed by atoms with Crippen LogP contribution in [0.1, 0.15) is 46.0 Å². The van der Waals surface area contributed by atoms with E-state index in [0.29, 0.717) is 6.04 Å². The summed E-state index contributed by atoms with van der Waals surface area (Å²) >= 11 is 2.06. The summed E-state index contributed by atoms with van der Waals surface area (Å²) in [7, 11) is 6.55. The van der Waals surface area contributed by atoms with Crippen LogP contribution in [-0.4, -0.2) is 74.7 Å². The van der Waals surface area contributed by atoms with Crippen LogP contribution in [0.2, 0.25) is 0 Å². The molecule has 128 valence electrons. The molecule has 0 spiro atoms. The predicted molar refractivity (Wildman–Crippen MR) is 99.6 cm³/mol. The Balaban J connectivity index is 3.66. The first-order chi connectivity index (χ1) is 10.1. The van der Waals surface area contributed by atoms with Crippen molar-refractivity contribution in [3.63, 3.8) is 0 Å². The maximum Gasteiger partial charge on any atom is 0.00794 e. The number of thioether (sulfide) groups is 1. The normalized spacial score (nSPS) is 13.3. The van der Waals surface area contributed by atoms with Gasteiger partial charge in [-0.3, -0.25) is 0 Å². The number of hydrogen-bond acceptors (Lipinski definition) is 4. The summed E-state index contributed by atoms with van der Waals surface area (Å²) in [4.78, 5) is 4.74. The highest BCUT2D eigenvalue weighted by molar-refractivity contribution is 7.99. The molecular weight excluding hydrogens is 278 g/mol. The van der Waals surface area contributed by atoms with Crippen molar-refractivity contribution in [3.05, 3.63) is 0 Å². The van der Waals surface area contributed by atoms with Crippen LogP contribution in [0.3, 0.4) is 0 Å². The van der Waals surface area contributed by atoms with Gasteiger partial charge < -0.3 is 15.1 Å². The third-order valence-corrected chi connectivity index (χ3v) is 4.72. The molecule has 3 nitrogen and oxygen atoms in total. The van der Waals surface area contributed by atoms with Gasteiger partial charge in [-0.25, -0.2) is 0 Å². The Bertz CT molecular complexity index is 212. The van der Waals surface area contributed by atoms with Crippen LogP contribution < -0.4 is 5.32 Å². The van der Waals surface area contributed by atoms with E-state index in [1.807, 2.05) is 0 Å². The molecule has 0 radical (unpaired) electrons. The van der Waals surface area contributed by atoms with E-state index in [1.54, 1.807) is 0 Å².